The second-order valence-electron chi connectivity index (χ2n) is 7.07. The molecule has 1 unspecified atom stereocenters. The molecule has 8 nitrogen and oxygen atoms in total. The average Bonchev–Trinajstić information content (AvgIpc) is 2.77. The van der Waals surface area contributed by atoms with Crippen molar-refractivity contribution in [3.05, 3.63) is 65.5 Å². The molecule has 9 heteroatoms. The molecule has 2 N–H and O–H groups in total. The molecule has 0 spiro atoms. The molecule has 2 aromatic rings. The van der Waals surface area contributed by atoms with Crippen LogP contribution in [0.4, 0.5) is 4.39 Å². The molecule has 0 heterocycles. The quantitative estimate of drug-likeness (QED) is 0.334. The third-order valence-electron chi connectivity index (χ3n) is 4.28. The van der Waals surface area contributed by atoms with Gasteiger partial charge in [0.2, 0.25) is 0 Å². The zero-order valence-corrected chi connectivity index (χ0v) is 18.1. The van der Waals surface area contributed by atoms with Crippen molar-refractivity contribution in [3.8, 4) is 5.75 Å². The Morgan fingerprint density at radius 2 is 1.78 bits per heavy atom. The molecule has 0 aromatic heterocycles. The van der Waals surface area contributed by atoms with Gasteiger partial charge in [0.15, 0.2) is 6.61 Å². The minimum Gasteiger partial charge on any atom is -0.482 e. The van der Waals surface area contributed by atoms with Crippen molar-refractivity contribution in [1.82, 2.24) is 10.7 Å². The van der Waals surface area contributed by atoms with Crippen LogP contribution in [0.15, 0.2) is 53.6 Å². The van der Waals surface area contributed by atoms with Crippen LogP contribution < -0.4 is 15.5 Å². The fourth-order valence-electron chi connectivity index (χ4n) is 2.63. The molecule has 0 aliphatic carbocycles. The first-order chi connectivity index (χ1) is 15.3. The van der Waals surface area contributed by atoms with Crippen LogP contribution >= 0.6 is 0 Å². The first-order valence-corrected chi connectivity index (χ1v) is 10.1. The Kier molecular flexibility index (Phi) is 9.34. The van der Waals surface area contributed by atoms with Gasteiger partial charge in [-0.1, -0.05) is 26.0 Å². The highest BCUT2D eigenvalue weighted by molar-refractivity contribution is 5.98. The zero-order chi connectivity index (χ0) is 23.5. The van der Waals surface area contributed by atoms with Crippen molar-refractivity contribution in [1.29, 1.82) is 0 Å². The summed E-state index contributed by atoms with van der Waals surface area (Å²) in [7, 11) is 0. The number of nitrogens with zero attached hydrogens (tertiary/aromatic N) is 1. The Balaban J connectivity index is 1.91. The maximum Gasteiger partial charge on any atom is 0.344 e. The second-order valence-corrected chi connectivity index (χ2v) is 7.07. The van der Waals surface area contributed by atoms with E-state index in [0.717, 1.165) is 0 Å². The summed E-state index contributed by atoms with van der Waals surface area (Å²) < 4.78 is 23.9. The predicted octanol–water partition coefficient (Wildman–Crippen LogP) is 2.67. The molecule has 2 rings (SSSR count). The largest absolute Gasteiger partial charge is 0.482 e. The van der Waals surface area contributed by atoms with Crippen molar-refractivity contribution in [3.63, 3.8) is 0 Å². The van der Waals surface area contributed by atoms with Gasteiger partial charge in [-0.3, -0.25) is 9.59 Å². The van der Waals surface area contributed by atoms with Crippen LogP contribution in [-0.2, 0) is 14.3 Å². The number of carbonyl (C=O) groups is 3. The Morgan fingerprint density at radius 1 is 1.09 bits per heavy atom. The van der Waals surface area contributed by atoms with Crippen LogP contribution in [0.2, 0.25) is 0 Å². The van der Waals surface area contributed by atoms with E-state index in [1.54, 1.807) is 51.1 Å². The summed E-state index contributed by atoms with van der Waals surface area (Å²) in [5.41, 5.74) is 2.91. The highest BCUT2D eigenvalue weighted by Crippen LogP contribution is 2.11. The van der Waals surface area contributed by atoms with Gasteiger partial charge in [-0.25, -0.2) is 14.6 Å². The van der Waals surface area contributed by atoms with Crippen molar-refractivity contribution in [2.75, 3.05) is 13.2 Å². The normalized spacial score (nSPS) is 11.8. The number of nitrogens with one attached hydrogen (secondary N) is 2. The van der Waals surface area contributed by atoms with Crippen molar-refractivity contribution in [2.45, 2.75) is 26.8 Å². The second kappa shape index (κ2) is 12.2. The van der Waals surface area contributed by atoms with E-state index in [2.05, 4.69) is 15.8 Å². The summed E-state index contributed by atoms with van der Waals surface area (Å²) in [6, 6.07) is 11.3. The van der Waals surface area contributed by atoms with E-state index in [9.17, 15) is 18.8 Å². The topological polar surface area (TPSA) is 106 Å². The molecule has 0 bridgehead atoms. The minimum atomic E-state index is -0.905. The fraction of sp³-hybridized carbons (Fsp3) is 0.304. The SMILES string of the molecule is CCOC(=O)COc1ccc(/C=N/NC(=O)C(NC(=O)c2ccccc2F)C(C)C)cc1. The van der Waals surface area contributed by atoms with Gasteiger partial charge in [0, 0.05) is 0 Å². The van der Waals surface area contributed by atoms with Gasteiger partial charge in [-0.2, -0.15) is 5.10 Å². The van der Waals surface area contributed by atoms with Gasteiger partial charge in [0.25, 0.3) is 11.8 Å². The van der Waals surface area contributed by atoms with Crippen molar-refractivity contribution >= 4 is 24.0 Å². The highest BCUT2D eigenvalue weighted by atomic mass is 19.1. The summed E-state index contributed by atoms with van der Waals surface area (Å²) in [5, 5.41) is 6.45. The molecule has 1 atom stereocenters. The summed E-state index contributed by atoms with van der Waals surface area (Å²) >= 11 is 0. The van der Waals surface area contributed by atoms with Crippen LogP contribution in [0.5, 0.6) is 5.75 Å². The lowest BCUT2D eigenvalue weighted by Crippen LogP contribution is -2.48. The van der Waals surface area contributed by atoms with Gasteiger partial charge in [-0.05, 0) is 54.8 Å². The molecule has 2 aromatic carbocycles. The Labute approximate surface area is 185 Å². The third-order valence-corrected chi connectivity index (χ3v) is 4.28. The first-order valence-electron chi connectivity index (χ1n) is 10.1. The number of hydrogen-bond donors (Lipinski definition) is 2. The van der Waals surface area contributed by atoms with E-state index in [1.165, 1.54) is 24.4 Å². The number of hydrazone groups is 1. The standard InChI is InChI=1S/C23H26FN3O5/c1-4-31-20(28)14-32-17-11-9-16(10-12-17)13-25-27-23(30)21(15(2)3)26-22(29)18-7-5-6-8-19(18)24/h5-13,15,21H,4,14H2,1-3H3,(H,26,29)(H,27,30)/b25-13+. The maximum atomic E-state index is 13.8. The summed E-state index contributed by atoms with van der Waals surface area (Å²) in [6.45, 7) is 5.32. The Bertz CT molecular complexity index is 960. The molecule has 0 saturated carbocycles. The fourth-order valence-corrected chi connectivity index (χ4v) is 2.63. The molecule has 0 saturated heterocycles. The van der Waals surface area contributed by atoms with Gasteiger partial charge in [0.05, 0.1) is 18.4 Å². The lowest BCUT2D eigenvalue weighted by atomic mass is 10.0. The molecule has 32 heavy (non-hydrogen) atoms. The van der Waals surface area contributed by atoms with Crippen LogP contribution in [-0.4, -0.2) is 43.3 Å². The highest BCUT2D eigenvalue weighted by Gasteiger charge is 2.25. The Hall–Kier alpha value is -3.75. The van der Waals surface area contributed by atoms with Crippen LogP contribution in [0, 0.1) is 11.7 Å². The summed E-state index contributed by atoms with van der Waals surface area (Å²) in [6.07, 6.45) is 1.42. The van der Waals surface area contributed by atoms with E-state index in [0.29, 0.717) is 11.3 Å². The molecule has 0 aliphatic rings. The number of ether oxygens (including phenoxy) is 2. The van der Waals surface area contributed by atoms with Crippen molar-refractivity contribution < 1.29 is 28.2 Å². The molecular weight excluding hydrogens is 417 g/mol. The monoisotopic (exact) mass is 443 g/mol. The molecule has 0 fully saturated rings. The number of hydrogen-bond acceptors (Lipinski definition) is 6. The van der Waals surface area contributed by atoms with Gasteiger partial charge in [0.1, 0.15) is 17.6 Å². The number of esters is 1. The number of carbonyl (C=O) groups excluding carboxylic acids is 3. The van der Waals surface area contributed by atoms with Crippen LogP contribution in [0.25, 0.3) is 0 Å². The van der Waals surface area contributed by atoms with Gasteiger partial charge >= 0.3 is 5.97 Å². The van der Waals surface area contributed by atoms with E-state index in [4.69, 9.17) is 9.47 Å². The Morgan fingerprint density at radius 3 is 2.41 bits per heavy atom. The molecule has 2 amide bonds. The zero-order valence-electron chi connectivity index (χ0n) is 18.1. The van der Waals surface area contributed by atoms with Gasteiger partial charge < -0.3 is 14.8 Å². The molecule has 0 aliphatic heterocycles. The van der Waals surface area contributed by atoms with E-state index < -0.39 is 29.6 Å². The van der Waals surface area contributed by atoms with Gasteiger partial charge in [-0.15, -0.1) is 0 Å². The van der Waals surface area contributed by atoms with Crippen molar-refractivity contribution in [2.24, 2.45) is 11.0 Å². The van der Waals surface area contributed by atoms with E-state index in [1.807, 2.05) is 0 Å². The lowest BCUT2D eigenvalue weighted by molar-refractivity contribution is -0.145. The first kappa shape index (κ1) is 24.5. The molecule has 170 valence electrons. The summed E-state index contributed by atoms with van der Waals surface area (Å²) in [5.74, 6) is -2.11. The third kappa shape index (κ3) is 7.50. The number of halogens is 1. The molecule has 0 radical (unpaired) electrons. The number of benzene rings is 2. The number of amides is 2. The molecular formula is C23H26FN3O5. The minimum absolute atomic E-state index is 0.139. The average molecular weight is 443 g/mol. The predicted molar refractivity (Wildman–Crippen MR) is 117 cm³/mol. The van der Waals surface area contributed by atoms with Crippen LogP contribution in [0.3, 0.4) is 0 Å². The maximum absolute atomic E-state index is 13.8. The smallest absolute Gasteiger partial charge is 0.344 e. The van der Waals surface area contributed by atoms with E-state index >= 15 is 0 Å². The lowest BCUT2D eigenvalue weighted by Gasteiger charge is -2.20. The number of rotatable bonds is 10. The summed E-state index contributed by atoms with van der Waals surface area (Å²) in [4.78, 5) is 36.1. The van der Waals surface area contributed by atoms with Crippen LogP contribution in [0.1, 0.15) is 36.7 Å². The van der Waals surface area contributed by atoms with E-state index in [-0.39, 0.29) is 24.7 Å².